The molecule has 5 heteroatoms. The molecule has 0 radical (unpaired) electrons. The van der Waals surface area contributed by atoms with Gasteiger partial charge in [-0.15, -0.1) is 22.7 Å². The van der Waals surface area contributed by atoms with Crippen molar-refractivity contribution in [2.75, 3.05) is 13.1 Å². The molecule has 1 aromatic carbocycles. The average molecular weight is 342 g/mol. The van der Waals surface area contributed by atoms with Crippen LogP contribution in [0.15, 0.2) is 54.0 Å². The fourth-order valence-corrected chi connectivity index (χ4v) is 4.97. The lowest BCUT2D eigenvalue weighted by Crippen LogP contribution is -2.28. The number of thiazole rings is 1. The number of likely N-dealkylation sites (tertiary alicyclic amines) is 1. The molecule has 0 saturated carbocycles. The van der Waals surface area contributed by atoms with Gasteiger partial charge in [0.2, 0.25) is 0 Å². The quantitative estimate of drug-likeness (QED) is 0.785. The normalized spacial score (nSPS) is 21.8. The molecule has 0 spiro atoms. The summed E-state index contributed by atoms with van der Waals surface area (Å²) in [5, 5.41) is 3.22. The Hall–Kier alpha value is -1.53. The van der Waals surface area contributed by atoms with Gasteiger partial charge in [-0.25, -0.2) is 4.98 Å². The standard InChI is InChI=1S/C18H19N3S2/c19-16-12-21(11-15(16)13-5-2-1-3-6-13)10-14-9-20-18(23-14)17-7-4-8-22-17/h1-9,15-16H,10-12,19H2/t15-,16+/m0/s1. The molecular formula is C18H19N3S2. The molecule has 2 atom stereocenters. The Morgan fingerprint density at radius 3 is 2.78 bits per heavy atom. The van der Waals surface area contributed by atoms with E-state index in [0.717, 1.165) is 24.6 Å². The van der Waals surface area contributed by atoms with Gasteiger partial charge >= 0.3 is 0 Å². The molecule has 1 aliphatic heterocycles. The van der Waals surface area contributed by atoms with Gasteiger partial charge in [0.05, 0.1) is 4.88 Å². The first-order valence-corrected chi connectivity index (χ1v) is 9.50. The lowest BCUT2D eigenvalue weighted by Gasteiger charge is -2.15. The summed E-state index contributed by atoms with van der Waals surface area (Å²) in [5.41, 5.74) is 7.74. The Morgan fingerprint density at radius 1 is 1.13 bits per heavy atom. The Kier molecular flexibility index (Phi) is 4.27. The monoisotopic (exact) mass is 341 g/mol. The van der Waals surface area contributed by atoms with Crippen LogP contribution in [0.3, 0.4) is 0 Å². The highest BCUT2D eigenvalue weighted by Gasteiger charge is 2.31. The van der Waals surface area contributed by atoms with Gasteiger partial charge in [-0.2, -0.15) is 0 Å². The second kappa shape index (κ2) is 6.53. The molecule has 3 aromatic rings. The Morgan fingerprint density at radius 2 is 2.00 bits per heavy atom. The largest absolute Gasteiger partial charge is 0.326 e. The zero-order valence-corrected chi connectivity index (χ0v) is 14.4. The highest BCUT2D eigenvalue weighted by atomic mass is 32.1. The Bertz CT molecular complexity index is 752. The van der Waals surface area contributed by atoms with Gasteiger partial charge in [0.15, 0.2) is 0 Å². The van der Waals surface area contributed by atoms with Gasteiger partial charge < -0.3 is 5.73 Å². The minimum absolute atomic E-state index is 0.210. The van der Waals surface area contributed by atoms with Crippen molar-refractivity contribution < 1.29 is 0 Å². The SMILES string of the molecule is N[C@@H]1CN(Cc2cnc(-c3cccs3)s2)C[C@H]1c1ccccc1. The van der Waals surface area contributed by atoms with E-state index in [1.54, 1.807) is 22.7 Å². The molecule has 2 aromatic heterocycles. The van der Waals surface area contributed by atoms with E-state index in [2.05, 4.69) is 57.7 Å². The first-order chi connectivity index (χ1) is 11.3. The lowest BCUT2D eigenvalue weighted by molar-refractivity contribution is 0.326. The summed E-state index contributed by atoms with van der Waals surface area (Å²) in [6.07, 6.45) is 2.01. The fourth-order valence-electron chi connectivity index (χ4n) is 3.21. The third-order valence-electron chi connectivity index (χ3n) is 4.33. The number of aromatic nitrogens is 1. The number of nitrogens with zero attached hydrogens (tertiary/aromatic N) is 2. The van der Waals surface area contributed by atoms with Crippen LogP contribution < -0.4 is 5.73 Å². The molecule has 118 valence electrons. The van der Waals surface area contributed by atoms with Gasteiger partial charge in [0.25, 0.3) is 0 Å². The van der Waals surface area contributed by atoms with E-state index in [9.17, 15) is 0 Å². The molecule has 0 aliphatic carbocycles. The molecule has 3 heterocycles. The van der Waals surface area contributed by atoms with Crippen LogP contribution in [0.1, 0.15) is 16.4 Å². The van der Waals surface area contributed by atoms with Crippen molar-refractivity contribution in [1.82, 2.24) is 9.88 Å². The number of hydrogen-bond acceptors (Lipinski definition) is 5. The van der Waals surface area contributed by atoms with Crippen LogP contribution in [-0.2, 0) is 6.54 Å². The molecule has 23 heavy (non-hydrogen) atoms. The molecular weight excluding hydrogens is 322 g/mol. The summed E-state index contributed by atoms with van der Waals surface area (Å²) in [6.45, 7) is 2.92. The molecule has 1 aliphatic rings. The predicted molar refractivity (Wildman–Crippen MR) is 97.9 cm³/mol. The first-order valence-electron chi connectivity index (χ1n) is 7.81. The van der Waals surface area contributed by atoms with Gasteiger partial charge in [-0.1, -0.05) is 36.4 Å². The number of rotatable bonds is 4. The molecule has 0 amide bonds. The van der Waals surface area contributed by atoms with Crippen LogP contribution in [-0.4, -0.2) is 29.0 Å². The Labute approximate surface area is 144 Å². The van der Waals surface area contributed by atoms with Crippen LogP contribution >= 0.6 is 22.7 Å². The maximum Gasteiger partial charge on any atom is 0.133 e. The summed E-state index contributed by atoms with van der Waals surface area (Å²) in [7, 11) is 0. The molecule has 3 nitrogen and oxygen atoms in total. The maximum absolute atomic E-state index is 6.39. The highest BCUT2D eigenvalue weighted by Crippen LogP contribution is 2.31. The van der Waals surface area contributed by atoms with Crippen LogP contribution in [0.2, 0.25) is 0 Å². The highest BCUT2D eigenvalue weighted by molar-refractivity contribution is 7.20. The third-order valence-corrected chi connectivity index (χ3v) is 6.35. The lowest BCUT2D eigenvalue weighted by atomic mass is 9.95. The minimum Gasteiger partial charge on any atom is -0.326 e. The summed E-state index contributed by atoms with van der Waals surface area (Å²) >= 11 is 3.54. The number of benzene rings is 1. The van der Waals surface area contributed by atoms with Crippen molar-refractivity contribution >= 4 is 22.7 Å². The average Bonchev–Trinajstić information content (AvgIpc) is 3.29. The van der Waals surface area contributed by atoms with E-state index >= 15 is 0 Å². The zero-order chi connectivity index (χ0) is 15.6. The van der Waals surface area contributed by atoms with E-state index in [-0.39, 0.29) is 6.04 Å². The first kappa shape index (κ1) is 15.0. The molecule has 0 unspecified atom stereocenters. The fraction of sp³-hybridized carbons (Fsp3) is 0.278. The van der Waals surface area contributed by atoms with Gasteiger partial charge in [-0.3, -0.25) is 4.90 Å². The van der Waals surface area contributed by atoms with E-state index < -0.39 is 0 Å². The summed E-state index contributed by atoms with van der Waals surface area (Å²) in [5.74, 6) is 0.431. The van der Waals surface area contributed by atoms with Crippen molar-refractivity contribution in [1.29, 1.82) is 0 Å². The molecule has 2 N–H and O–H groups in total. The van der Waals surface area contributed by atoms with E-state index in [1.165, 1.54) is 15.3 Å². The summed E-state index contributed by atoms with van der Waals surface area (Å²) < 4.78 is 0. The number of hydrogen-bond donors (Lipinski definition) is 1. The second-order valence-corrected chi connectivity index (χ2v) is 8.05. The van der Waals surface area contributed by atoms with E-state index in [1.807, 2.05) is 6.20 Å². The zero-order valence-electron chi connectivity index (χ0n) is 12.8. The van der Waals surface area contributed by atoms with Crippen LogP contribution in [0, 0.1) is 0 Å². The van der Waals surface area contributed by atoms with Crippen molar-refractivity contribution in [3.8, 4) is 9.88 Å². The van der Waals surface area contributed by atoms with E-state index in [0.29, 0.717) is 5.92 Å². The number of thiophene rings is 1. The minimum atomic E-state index is 0.210. The molecule has 1 fully saturated rings. The van der Waals surface area contributed by atoms with Gasteiger partial charge in [-0.05, 0) is 17.0 Å². The summed E-state index contributed by atoms with van der Waals surface area (Å²) in [4.78, 5) is 9.59. The Balaban J connectivity index is 1.44. The molecule has 4 rings (SSSR count). The van der Waals surface area contributed by atoms with Crippen molar-refractivity contribution in [2.24, 2.45) is 5.73 Å². The van der Waals surface area contributed by atoms with Crippen LogP contribution in [0.25, 0.3) is 9.88 Å². The second-order valence-electron chi connectivity index (χ2n) is 5.98. The maximum atomic E-state index is 6.39. The third kappa shape index (κ3) is 3.23. The molecule has 1 saturated heterocycles. The van der Waals surface area contributed by atoms with Gasteiger partial charge in [0, 0.05) is 42.7 Å². The summed E-state index contributed by atoms with van der Waals surface area (Å²) in [6, 6.07) is 15.1. The van der Waals surface area contributed by atoms with Crippen LogP contribution in [0.5, 0.6) is 0 Å². The predicted octanol–water partition coefficient (Wildman–Crippen LogP) is 3.80. The van der Waals surface area contributed by atoms with Crippen molar-refractivity contribution in [3.05, 3.63) is 64.5 Å². The van der Waals surface area contributed by atoms with Crippen molar-refractivity contribution in [2.45, 2.75) is 18.5 Å². The van der Waals surface area contributed by atoms with Crippen molar-refractivity contribution in [3.63, 3.8) is 0 Å². The smallest absolute Gasteiger partial charge is 0.133 e. The van der Waals surface area contributed by atoms with Gasteiger partial charge in [0.1, 0.15) is 5.01 Å². The topological polar surface area (TPSA) is 42.1 Å². The van der Waals surface area contributed by atoms with E-state index in [4.69, 9.17) is 5.73 Å². The molecule has 0 bridgehead atoms. The number of nitrogens with two attached hydrogens (primary N) is 1. The van der Waals surface area contributed by atoms with Crippen LogP contribution in [0.4, 0.5) is 0 Å².